The molecule has 2 N–H and O–H groups in total. The third-order valence-corrected chi connectivity index (χ3v) is 5.65. The summed E-state index contributed by atoms with van der Waals surface area (Å²) in [5.74, 6) is 1.22. The Morgan fingerprint density at radius 3 is 2.68 bits per heavy atom. The molecule has 4 rings (SSSR count). The normalized spacial score (nSPS) is 20.2. The molecule has 2 heterocycles. The van der Waals surface area contributed by atoms with Crippen molar-refractivity contribution < 1.29 is 5.11 Å². The number of hydrogen-bond acceptors (Lipinski definition) is 5. The smallest absolute Gasteiger partial charge is 0.280 e. The monoisotopic (exact) mass is 381 g/mol. The number of benzene rings is 1. The van der Waals surface area contributed by atoms with Gasteiger partial charge >= 0.3 is 0 Å². The van der Waals surface area contributed by atoms with Crippen LogP contribution in [0.5, 0.6) is 0 Å². The van der Waals surface area contributed by atoms with E-state index in [0.717, 1.165) is 43.5 Å². The molecule has 1 fully saturated rings. The molecule has 0 saturated heterocycles. The van der Waals surface area contributed by atoms with Crippen LogP contribution in [0.3, 0.4) is 0 Å². The van der Waals surface area contributed by atoms with E-state index in [1.165, 1.54) is 4.57 Å². The fourth-order valence-electron chi connectivity index (χ4n) is 3.98. The minimum atomic E-state index is -0.424. The van der Waals surface area contributed by atoms with Gasteiger partial charge in [0, 0.05) is 13.6 Å². The summed E-state index contributed by atoms with van der Waals surface area (Å²) in [7, 11) is 1.72. The first kappa shape index (κ1) is 18.7. The Morgan fingerprint density at radius 2 is 1.89 bits per heavy atom. The molecule has 3 aromatic rings. The lowest BCUT2D eigenvalue weighted by atomic mass is 10.1. The average molecular weight is 381 g/mol. The summed E-state index contributed by atoms with van der Waals surface area (Å²) in [5.41, 5.74) is 1.93. The maximum absolute atomic E-state index is 13.1. The van der Waals surface area contributed by atoms with Crippen molar-refractivity contribution in [3.63, 3.8) is 0 Å². The summed E-state index contributed by atoms with van der Waals surface area (Å²) in [5, 5.41) is 13.7. The number of aliphatic hydroxyl groups excluding tert-OH is 1. The zero-order chi connectivity index (χ0) is 19.7. The lowest BCUT2D eigenvalue weighted by Gasteiger charge is -2.23. The van der Waals surface area contributed by atoms with Crippen molar-refractivity contribution in [1.82, 2.24) is 19.1 Å². The molecule has 2 aromatic heterocycles. The fraction of sp³-hybridized carbons (Fsp3) is 0.476. The predicted molar refractivity (Wildman–Crippen MR) is 110 cm³/mol. The quantitative estimate of drug-likeness (QED) is 0.679. The summed E-state index contributed by atoms with van der Waals surface area (Å²) >= 11 is 0. The summed E-state index contributed by atoms with van der Waals surface area (Å²) in [6.07, 6.45) is 4.45. The van der Waals surface area contributed by atoms with Gasteiger partial charge in [0.1, 0.15) is 5.82 Å². The Labute approximate surface area is 164 Å². The largest absolute Gasteiger partial charge is 0.391 e. The van der Waals surface area contributed by atoms with E-state index in [4.69, 9.17) is 0 Å². The molecule has 1 aliphatic rings. The average Bonchev–Trinajstić information content (AvgIpc) is 2.85. The van der Waals surface area contributed by atoms with Gasteiger partial charge < -0.3 is 15.0 Å². The first-order chi connectivity index (χ1) is 13.5. The number of anilines is 1. The fourth-order valence-corrected chi connectivity index (χ4v) is 3.98. The van der Waals surface area contributed by atoms with Crippen LogP contribution in [0.25, 0.3) is 11.2 Å². The standard InChI is InChI=1S/C21H27N5O2/c1-14-22-19-18(26(14)13-15-9-5-3-6-10-15)20(28)25(2)21(24-19)23-16-11-7-4-8-12-17(16)27/h3,5-6,9-10,16-17,27H,4,7-8,11-13H2,1-2H3,(H,23,24)/t16-,17-/m1/s1. The SMILES string of the molecule is Cc1nc2nc(N[C@@H]3CCCCC[C@H]3O)n(C)c(=O)c2n1Cc1ccccc1. The van der Waals surface area contributed by atoms with Crippen LogP contribution in [0.15, 0.2) is 35.1 Å². The molecule has 1 aromatic carbocycles. The van der Waals surface area contributed by atoms with Gasteiger partial charge in [0.15, 0.2) is 11.2 Å². The maximum Gasteiger partial charge on any atom is 0.280 e. The van der Waals surface area contributed by atoms with Crippen molar-refractivity contribution >= 4 is 17.1 Å². The number of fused-ring (bicyclic) bond motifs is 1. The molecule has 7 heteroatoms. The number of imidazole rings is 1. The summed E-state index contributed by atoms with van der Waals surface area (Å²) in [6, 6.07) is 9.92. The number of aromatic nitrogens is 4. The summed E-state index contributed by atoms with van der Waals surface area (Å²) < 4.78 is 3.45. The molecule has 0 unspecified atom stereocenters. The lowest BCUT2D eigenvalue weighted by molar-refractivity contribution is 0.144. The number of hydrogen-bond donors (Lipinski definition) is 2. The van der Waals surface area contributed by atoms with Gasteiger partial charge in [-0.15, -0.1) is 0 Å². The van der Waals surface area contributed by atoms with E-state index in [1.54, 1.807) is 7.05 Å². The highest BCUT2D eigenvalue weighted by molar-refractivity contribution is 5.72. The van der Waals surface area contributed by atoms with Crippen molar-refractivity contribution in [2.45, 2.75) is 57.7 Å². The van der Waals surface area contributed by atoms with Crippen LogP contribution >= 0.6 is 0 Å². The summed E-state index contributed by atoms with van der Waals surface area (Å²) in [4.78, 5) is 22.3. The first-order valence-corrected chi connectivity index (χ1v) is 9.97. The van der Waals surface area contributed by atoms with E-state index in [0.29, 0.717) is 23.7 Å². The Morgan fingerprint density at radius 1 is 1.14 bits per heavy atom. The molecule has 0 bridgehead atoms. The van der Waals surface area contributed by atoms with E-state index in [-0.39, 0.29) is 11.6 Å². The van der Waals surface area contributed by atoms with Gasteiger partial charge in [-0.2, -0.15) is 4.98 Å². The number of rotatable bonds is 4. The predicted octanol–water partition coefficient (Wildman–Crippen LogP) is 2.59. The highest BCUT2D eigenvalue weighted by Gasteiger charge is 2.24. The first-order valence-electron chi connectivity index (χ1n) is 9.97. The van der Waals surface area contributed by atoms with E-state index < -0.39 is 6.10 Å². The van der Waals surface area contributed by atoms with Crippen LogP contribution in [0.1, 0.15) is 43.5 Å². The van der Waals surface area contributed by atoms with Gasteiger partial charge in [-0.1, -0.05) is 49.6 Å². The number of nitrogens with zero attached hydrogens (tertiary/aromatic N) is 4. The molecular weight excluding hydrogens is 354 g/mol. The van der Waals surface area contributed by atoms with Gasteiger partial charge in [-0.05, 0) is 25.3 Å². The van der Waals surface area contributed by atoms with Gasteiger partial charge in [-0.3, -0.25) is 9.36 Å². The second kappa shape index (κ2) is 7.75. The second-order valence-electron chi connectivity index (χ2n) is 7.66. The molecule has 2 atom stereocenters. The van der Waals surface area contributed by atoms with Crippen LogP contribution < -0.4 is 10.9 Å². The molecule has 0 spiro atoms. The molecule has 0 radical (unpaired) electrons. The Bertz CT molecular complexity index is 1020. The lowest BCUT2D eigenvalue weighted by Crippen LogP contribution is -2.35. The maximum atomic E-state index is 13.1. The molecule has 0 amide bonds. The third kappa shape index (κ3) is 3.54. The topological polar surface area (TPSA) is 85.0 Å². The molecule has 148 valence electrons. The highest BCUT2D eigenvalue weighted by atomic mass is 16.3. The molecule has 1 saturated carbocycles. The number of aryl methyl sites for hydroxylation is 1. The van der Waals surface area contributed by atoms with Crippen molar-refractivity contribution in [3.8, 4) is 0 Å². The van der Waals surface area contributed by atoms with Crippen LogP contribution in [0.4, 0.5) is 5.95 Å². The van der Waals surface area contributed by atoms with Crippen molar-refractivity contribution in [1.29, 1.82) is 0 Å². The van der Waals surface area contributed by atoms with Crippen molar-refractivity contribution in [2.24, 2.45) is 7.05 Å². The van der Waals surface area contributed by atoms with Crippen LogP contribution in [0, 0.1) is 6.92 Å². The third-order valence-electron chi connectivity index (χ3n) is 5.65. The minimum Gasteiger partial charge on any atom is -0.391 e. The summed E-state index contributed by atoms with van der Waals surface area (Å²) in [6.45, 7) is 2.47. The number of aliphatic hydroxyl groups is 1. The molecule has 0 aliphatic heterocycles. The van der Waals surface area contributed by atoms with Crippen LogP contribution in [0.2, 0.25) is 0 Å². The van der Waals surface area contributed by atoms with Gasteiger partial charge in [0.2, 0.25) is 5.95 Å². The van der Waals surface area contributed by atoms with Crippen molar-refractivity contribution in [3.05, 3.63) is 52.1 Å². The number of nitrogens with one attached hydrogen (secondary N) is 1. The van der Waals surface area contributed by atoms with Gasteiger partial charge in [0.05, 0.1) is 12.1 Å². The zero-order valence-corrected chi connectivity index (χ0v) is 16.4. The van der Waals surface area contributed by atoms with Gasteiger partial charge in [-0.25, -0.2) is 4.98 Å². The molecular formula is C21H27N5O2. The van der Waals surface area contributed by atoms with E-state index in [2.05, 4.69) is 15.3 Å². The highest BCUT2D eigenvalue weighted by Crippen LogP contribution is 2.22. The Balaban J connectivity index is 1.71. The molecule has 28 heavy (non-hydrogen) atoms. The zero-order valence-electron chi connectivity index (χ0n) is 16.4. The minimum absolute atomic E-state index is 0.0921. The van der Waals surface area contributed by atoms with E-state index in [9.17, 15) is 9.90 Å². The molecule has 1 aliphatic carbocycles. The van der Waals surface area contributed by atoms with Crippen LogP contribution in [-0.2, 0) is 13.6 Å². The van der Waals surface area contributed by atoms with Gasteiger partial charge in [0.25, 0.3) is 5.56 Å². The van der Waals surface area contributed by atoms with Crippen LogP contribution in [-0.4, -0.2) is 36.4 Å². The Kier molecular flexibility index (Phi) is 5.17. The Hall–Kier alpha value is -2.67. The van der Waals surface area contributed by atoms with E-state index >= 15 is 0 Å². The van der Waals surface area contributed by atoms with Crippen molar-refractivity contribution in [2.75, 3.05) is 5.32 Å². The van der Waals surface area contributed by atoms with E-state index in [1.807, 2.05) is 41.8 Å². The second-order valence-corrected chi connectivity index (χ2v) is 7.66. The molecule has 7 nitrogen and oxygen atoms in total.